The third-order valence-electron chi connectivity index (χ3n) is 9.36. The highest BCUT2D eigenvalue weighted by atomic mass is 31.2. The van der Waals surface area contributed by atoms with Gasteiger partial charge in [0, 0.05) is 12.8 Å². The zero-order valence-corrected chi connectivity index (χ0v) is 36.1. The summed E-state index contributed by atoms with van der Waals surface area (Å²) in [5, 5.41) is 8.89. The molecular weight excluding hydrogens is 733 g/mol. The topological polar surface area (TPSA) is 172 Å². The molecule has 0 aliphatic rings. The maximum atomic E-state index is 12.6. The lowest BCUT2D eigenvalue weighted by atomic mass is 10.1. The molecule has 0 amide bonds. The van der Waals surface area contributed by atoms with Crippen molar-refractivity contribution >= 4 is 25.7 Å². The Bertz CT molecular complexity index is 1100. The molecule has 326 valence electrons. The van der Waals surface area contributed by atoms with Gasteiger partial charge in [0.2, 0.25) is 0 Å². The van der Waals surface area contributed by atoms with Crippen LogP contribution in [0.5, 0.6) is 0 Å². The highest BCUT2D eigenvalue weighted by Crippen LogP contribution is 2.43. The molecule has 0 aliphatic heterocycles. The molecular formula is C44H80NO10P. The largest absolute Gasteiger partial charge is 0.480 e. The highest BCUT2D eigenvalue weighted by Gasteiger charge is 2.28. The van der Waals surface area contributed by atoms with Gasteiger partial charge in [-0.05, 0) is 70.6 Å². The molecule has 0 spiro atoms. The first-order valence-corrected chi connectivity index (χ1v) is 23.5. The van der Waals surface area contributed by atoms with Crippen LogP contribution < -0.4 is 5.73 Å². The molecule has 0 saturated heterocycles. The Morgan fingerprint density at radius 3 is 1.45 bits per heavy atom. The number of carbonyl (C=O) groups excluding carboxylic acids is 2. The molecule has 0 aromatic heterocycles. The predicted octanol–water partition coefficient (Wildman–Crippen LogP) is 11.6. The molecule has 11 nitrogen and oxygen atoms in total. The van der Waals surface area contributed by atoms with Gasteiger partial charge in [-0.2, -0.15) is 0 Å². The quantitative estimate of drug-likeness (QED) is 0.0232. The third-order valence-corrected chi connectivity index (χ3v) is 10.3. The number of unbranched alkanes of at least 4 members (excludes halogenated alkanes) is 21. The van der Waals surface area contributed by atoms with Gasteiger partial charge in [0.05, 0.1) is 13.2 Å². The zero-order valence-electron chi connectivity index (χ0n) is 35.2. The predicted molar refractivity (Wildman–Crippen MR) is 226 cm³/mol. The SMILES string of the molecule is CCCCC/C=C\C/C=C\CCCCCCCC(=O)O[C@H](COC(=O)CCCCCCCCC/C=C\CCCCCCCC)COP(=O)(O)OC[C@H](N)C(=O)O. The Balaban J connectivity index is 4.37. The molecule has 0 saturated carbocycles. The lowest BCUT2D eigenvalue weighted by Crippen LogP contribution is -2.34. The van der Waals surface area contributed by atoms with Crippen LogP contribution in [-0.4, -0.2) is 59.9 Å². The van der Waals surface area contributed by atoms with Crippen molar-refractivity contribution in [3.63, 3.8) is 0 Å². The summed E-state index contributed by atoms with van der Waals surface area (Å²) in [7, 11) is -4.72. The number of phosphoric acid groups is 1. The van der Waals surface area contributed by atoms with E-state index in [1.165, 1.54) is 83.5 Å². The van der Waals surface area contributed by atoms with E-state index in [1.807, 2.05) is 0 Å². The van der Waals surface area contributed by atoms with E-state index in [2.05, 4.69) is 54.8 Å². The van der Waals surface area contributed by atoms with Crippen molar-refractivity contribution in [2.45, 2.75) is 206 Å². The number of aliphatic carboxylic acids is 1. The minimum Gasteiger partial charge on any atom is -0.480 e. The maximum absolute atomic E-state index is 12.6. The van der Waals surface area contributed by atoms with Crippen LogP contribution in [-0.2, 0) is 37.5 Å². The van der Waals surface area contributed by atoms with E-state index >= 15 is 0 Å². The van der Waals surface area contributed by atoms with Gasteiger partial charge in [-0.25, -0.2) is 4.57 Å². The standard InChI is InChI=1S/C44H80NO10P/c1-3-5-7-9-11-13-15-17-19-20-22-23-25-27-29-31-33-35-42(46)52-37-40(38-53-56(50,51)54-39-41(45)44(48)49)55-43(47)36-34-32-30-28-26-24-21-18-16-14-12-10-8-6-4-2/h12,14,17-19,21,40-41H,3-11,13,15-16,20,22-39,45H2,1-2H3,(H,48,49)(H,50,51)/b14-12-,19-17-,21-18-/t40-,41+/m1/s1. The van der Waals surface area contributed by atoms with Crippen LogP contribution in [0.1, 0.15) is 194 Å². The first-order valence-electron chi connectivity index (χ1n) is 22.0. The maximum Gasteiger partial charge on any atom is 0.472 e. The smallest absolute Gasteiger partial charge is 0.472 e. The molecule has 4 N–H and O–H groups in total. The Kier molecular flexibility index (Phi) is 37.9. The Hall–Kier alpha value is -2.30. The number of hydrogen-bond donors (Lipinski definition) is 3. The molecule has 0 aromatic carbocycles. The van der Waals surface area contributed by atoms with Gasteiger partial charge in [0.25, 0.3) is 0 Å². The number of carbonyl (C=O) groups is 3. The number of carboxylic acids is 1. The molecule has 0 radical (unpaired) electrons. The summed E-state index contributed by atoms with van der Waals surface area (Å²) in [6.07, 6.45) is 42.0. The number of carboxylic acid groups (broad SMARTS) is 1. The van der Waals surface area contributed by atoms with Gasteiger partial charge < -0.3 is 25.2 Å². The average molecular weight is 814 g/mol. The van der Waals surface area contributed by atoms with Crippen molar-refractivity contribution in [3.05, 3.63) is 36.5 Å². The van der Waals surface area contributed by atoms with Crippen molar-refractivity contribution < 1.29 is 47.5 Å². The Morgan fingerprint density at radius 2 is 0.946 bits per heavy atom. The van der Waals surface area contributed by atoms with Crippen LogP contribution in [0.25, 0.3) is 0 Å². The fourth-order valence-electron chi connectivity index (χ4n) is 5.85. The lowest BCUT2D eigenvalue weighted by Gasteiger charge is -2.20. The van der Waals surface area contributed by atoms with E-state index in [4.69, 9.17) is 24.8 Å². The van der Waals surface area contributed by atoms with Crippen LogP contribution in [0, 0.1) is 0 Å². The van der Waals surface area contributed by atoms with E-state index in [0.717, 1.165) is 70.6 Å². The monoisotopic (exact) mass is 814 g/mol. The number of ether oxygens (including phenoxy) is 2. The van der Waals surface area contributed by atoms with Crippen LogP contribution in [0.4, 0.5) is 0 Å². The molecule has 0 rings (SSSR count). The summed E-state index contributed by atoms with van der Waals surface area (Å²) < 4.78 is 32.7. The number of rotatable bonds is 41. The summed E-state index contributed by atoms with van der Waals surface area (Å²) >= 11 is 0. The van der Waals surface area contributed by atoms with E-state index in [0.29, 0.717) is 12.8 Å². The third kappa shape index (κ3) is 38.6. The molecule has 1 unspecified atom stereocenters. The molecule has 0 heterocycles. The average Bonchev–Trinajstić information content (AvgIpc) is 3.17. The normalized spacial score (nSPS) is 14.1. The van der Waals surface area contributed by atoms with Gasteiger partial charge in [0.1, 0.15) is 12.6 Å². The van der Waals surface area contributed by atoms with Crippen molar-refractivity contribution in [1.82, 2.24) is 0 Å². The zero-order chi connectivity index (χ0) is 41.4. The first kappa shape index (κ1) is 53.7. The summed E-state index contributed by atoms with van der Waals surface area (Å²) in [6, 6.07) is -1.52. The Morgan fingerprint density at radius 1 is 0.554 bits per heavy atom. The number of nitrogens with two attached hydrogens (primary N) is 1. The van der Waals surface area contributed by atoms with Gasteiger partial charge in [-0.3, -0.25) is 23.4 Å². The van der Waals surface area contributed by atoms with Gasteiger partial charge in [-0.15, -0.1) is 0 Å². The van der Waals surface area contributed by atoms with Crippen LogP contribution >= 0.6 is 7.82 Å². The minimum atomic E-state index is -4.72. The molecule has 3 atom stereocenters. The Labute approximate surface area is 340 Å². The van der Waals surface area contributed by atoms with Crippen LogP contribution in [0.2, 0.25) is 0 Å². The van der Waals surface area contributed by atoms with E-state index < -0.39 is 51.1 Å². The summed E-state index contributed by atoms with van der Waals surface area (Å²) in [5.74, 6) is -2.40. The van der Waals surface area contributed by atoms with E-state index in [9.17, 15) is 23.8 Å². The number of allylic oxidation sites excluding steroid dienone is 6. The van der Waals surface area contributed by atoms with Crippen LogP contribution in [0.15, 0.2) is 36.5 Å². The van der Waals surface area contributed by atoms with Crippen LogP contribution in [0.3, 0.4) is 0 Å². The van der Waals surface area contributed by atoms with Crippen molar-refractivity contribution in [2.75, 3.05) is 19.8 Å². The van der Waals surface area contributed by atoms with Crippen molar-refractivity contribution in [3.8, 4) is 0 Å². The minimum absolute atomic E-state index is 0.144. The molecule has 0 bridgehead atoms. The summed E-state index contributed by atoms with van der Waals surface area (Å²) in [5.41, 5.74) is 5.33. The van der Waals surface area contributed by atoms with Gasteiger partial charge in [0.15, 0.2) is 6.10 Å². The van der Waals surface area contributed by atoms with E-state index in [-0.39, 0.29) is 19.4 Å². The molecule has 56 heavy (non-hydrogen) atoms. The number of hydrogen-bond acceptors (Lipinski definition) is 9. The first-order chi connectivity index (χ1) is 27.1. The number of phosphoric ester groups is 1. The van der Waals surface area contributed by atoms with Gasteiger partial charge in [-0.1, -0.05) is 147 Å². The molecule has 0 aliphatic carbocycles. The lowest BCUT2D eigenvalue weighted by molar-refractivity contribution is -0.161. The highest BCUT2D eigenvalue weighted by molar-refractivity contribution is 7.47. The van der Waals surface area contributed by atoms with Gasteiger partial charge >= 0.3 is 25.7 Å². The fourth-order valence-corrected chi connectivity index (χ4v) is 6.63. The second-order valence-corrected chi connectivity index (χ2v) is 16.3. The summed E-state index contributed by atoms with van der Waals surface area (Å²) in [6.45, 7) is 2.76. The van der Waals surface area contributed by atoms with Crippen molar-refractivity contribution in [2.24, 2.45) is 5.73 Å². The molecule has 0 aromatic rings. The van der Waals surface area contributed by atoms with Crippen molar-refractivity contribution in [1.29, 1.82) is 0 Å². The fraction of sp³-hybridized carbons (Fsp3) is 0.795. The summed E-state index contributed by atoms with van der Waals surface area (Å²) in [4.78, 5) is 45.9. The number of esters is 2. The second kappa shape index (κ2) is 39.5. The molecule has 0 fully saturated rings. The molecule has 12 heteroatoms. The second-order valence-electron chi connectivity index (χ2n) is 14.8. The van der Waals surface area contributed by atoms with E-state index in [1.54, 1.807) is 0 Å².